The molecule has 0 radical (unpaired) electrons. The van der Waals surface area contributed by atoms with E-state index in [0.29, 0.717) is 28.6 Å². The number of nitrogens with two attached hydrogens (primary N) is 1. The van der Waals surface area contributed by atoms with Gasteiger partial charge in [-0.25, -0.2) is 4.79 Å². The number of hydrogen-bond acceptors (Lipinski definition) is 4. The van der Waals surface area contributed by atoms with E-state index in [1.54, 1.807) is 49.6 Å². The van der Waals surface area contributed by atoms with E-state index in [9.17, 15) is 4.79 Å². The second kappa shape index (κ2) is 8.82. The fourth-order valence-electron chi connectivity index (χ4n) is 2.34. The molecular weight excluding hydrogens is 318 g/mol. The topological polar surface area (TPSA) is 85.6 Å². The maximum Gasteiger partial charge on any atom is 0.319 e. The second-order valence-corrected chi connectivity index (χ2v) is 5.65. The third-order valence-corrected chi connectivity index (χ3v) is 3.85. The Hall–Kier alpha value is -2.89. The highest BCUT2D eigenvalue weighted by Crippen LogP contribution is 2.34. The number of benzene rings is 2. The fourth-order valence-corrected chi connectivity index (χ4v) is 2.34. The van der Waals surface area contributed by atoms with Crippen LogP contribution in [0.25, 0.3) is 0 Å². The summed E-state index contributed by atoms with van der Waals surface area (Å²) in [5, 5.41) is 5.75. The van der Waals surface area contributed by atoms with Crippen molar-refractivity contribution in [1.82, 2.24) is 5.32 Å². The van der Waals surface area contributed by atoms with Gasteiger partial charge in [0.2, 0.25) is 0 Å². The minimum atomic E-state index is -0.239. The van der Waals surface area contributed by atoms with Gasteiger partial charge in [0.05, 0.1) is 7.11 Å². The highest BCUT2D eigenvalue weighted by atomic mass is 16.5. The molecule has 6 nitrogen and oxygen atoms in total. The molecule has 0 saturated heterocycles. The van der Waals surface area contributed by atoms with E-state index in [4.69, 9.17) is 15.2 Å². The van der Waals surface area contributed by atoms with E-state index in [1.165, 1.54) is 0 Å². The molecule has 6 heteroatoms. The molecule has 2 aromatic rings. The van der Waals surface area contributed by atoms with Gasteiger partial charge in [0.1, 0.15) is 5.75 Å². The number of nitrogen functional groups attached to an aromatic ring is 1. The summed E-state index contributed by atoms with van der Waals surface area (Å²) < 4.78 is 11.2. The molecule has 0 bridgehead atoms. The number of hydrogen-bond donors (Lipinski definition) is 3. The van der Waals surface area contributed by atoms with Crippen LogP contribution in [0.3, 0.4) is 0 Å². The lowest BCUT2D eigenvalue weighted by Crippen LogP contribution is -2.37. The summed E-state index contributed by atoms with van der Waals surface area (Å²) in [7, 11) is 1.57. The Morgan fingerprint density at radius 2 is 1.76 bits per heavy atom. The molecule has 0 unspecified atom stereocenters. The molecule has 0 fully saturated rings. The zero-order valence-electron chi connectivity index (χ0n) is 14.8. The van der Waals surface area contributed by atoms with Crippen molar-refractivity contribution in [3.8, 4) is 17.2 Å². The van der Waals surface area contributed by atoms with Gasteiger partial charge in [-0.3, -0.25) is 0 Å². The monoisotopic (exact) mass is 343 g/mol. The normalized spacial score (nSPS) is 10.4. The van der Waals surface area contributed by atoms with Gasteiger partial charge in [0, 0.05) is 23.5 Å². The molecule has 2 rings (SSSR count). The number of urea groups is 1. The number of amides is 2. The van der Waals surface area contributed by atoms with Crippen molar-refractivity contribution < 1.29 is 14.3 Å². The molecule has 0 spiro atoms. The summed E-state index contributed by atoms with van der Waals surface area (Å²) in [5.74, 6) is 1.71. The van der Waals surface area contributed by atoms with Crippen molar-refractivity contribution in [2.75, 3.05) is 18.2 Å². The van der Waals surface area contributed by atoms with Crippen LogP contribution in [0.5, 0.6) is 17.2 Å². The number of carbonyl (C=O) groups excluding carboxylic acids is 1. The Bertz CT molecular complexity index is 698. The predicted octanol–water partition coefficient (Wildman–Crippen LogP) is 4.38. The predicted molar refractivity (Wildman–Crippen MR) is 100 cm³/mol. The van der Waals surface area contributed by atoms with Gasteiger partial charge in [-0.1, -0.05) is 13.8 Å². The second-order valence-electron chi connectivity index (χ2n) is 5.65. The van der Waals surface area contributed by atoms with Crippen LogP contribution < -0.4 is 25.8 Å². The van der Waals surface area contributed by atoms with Crippen molar-refractivity contribution in [2.24, 2.45) is 0 Å². The van der Waals surface area contributed by atoms with E-state index >= 15 is 0 Å². The summed E-state index contributed by atoms with van der Waals surface area (Å²) in [4.78, 5) is 12.1. The molecule has 0 aliphatic carbocycles. The van der Waals surface area contributed by atoms with Crippen molar-refractivity contribution in [1.29, 1.82) is 0 Å². The van der Waals surface area contributed by atoms with Gasteiger partial charge in [0.15, 0.2) is 11.5 Å². The lowest BCUT2D eigenvalue weighted by Gasteiger charge is -2.16. The first-order chi connectivity index (χ1) is 12.0. The molecule has 2 aromatic carbocycles. The number of carbonyl (C=O) groups is 1. The van der Waals surface area contributed by atoms with Crippen LogP contribution in [0.2, 0.25) is 0 Å². The Kier molecular flexibility index (Phi) is 6.51. The molecule has 0 atom stereocenters. The van der Waals surface area contributed by atoms with Crippen molar-refractivity contribution in [2.45, 2.75) is 32.7 Å². The Morgan fingerprint density at radius 1 is 1.08 bits per heavy atom. The number of nitrogens with one attached hydrogen (secondary N) is 2. The number of rotatable bonds is 7. The average Bonchev–Trinajstić information content (AvgIpc) is 2.62. The summed E-state index contributed by atoms with van der Waals surface area (Å²) in [5.41, 5.74) is 6.96. The first kappa shape index (κ1) is 18.4. The number of ether oxygens (including phenoxy) is 2. The van der Waals surface area contributed by atoms with Crippen molar-refractivity contribution >= 4 is 17.4 Å². The van der Waals surface area contributed by atoms with Crippen LogP contribution in [0.15, 0.2) is 42.5 Å². The number of methoxy groups -OCH3 is 1. The maximum absolute atomic E-state index is 12.1. The maximum atomic E-state index is 12.1. The first-order valence-corrected chi connectivity index (χ1v) is 8.34. The molecule has 25 heavy (non-hydrogen) atoms. The van der Waals surface area contributed by atoms with E-state index in [2.05, 4.69) is 10.6 Å². The number of anilines is 2. The quantitative estimate of drug-likeness (QED) is 0.651. The third-order valence-electron chi connectivity index (χ3n) is 3.85. The first-order valence-electron chi connectivity index (χ1n) is 8.34. The van der Waals surface area contributed by atoms with Crippen molar-refractivity contribution in [3.63, 3.8) is 0 Å². The molecule has 0 aliphatic heterocycles. The molecule has 4 N–H and O–H groups in total. The van der Waals surface area contributed by atoms with Gasteiger partial charge in [-0.15, -0.1) is 0 Å². The lowest BCUT2D eigenvalue weighted by atomic mass is 10.2. The minimum absolute atomic E-state index is 0.156. The summed E-state index contributed by atoms with van der Waals surface area (Å²) >= 11 is 0. The molecule has 2 amide bonds. The Morgan fingerprint density at radius 3 is 2.36 bits per heavy atom. The van der Waals surface area contributed by atoms with Gasteiger partial charge >= 0.3 is 6.03 Å². The molecular formula is C19H25N3O3. The molecule has 0 aromatic heterocycles. The van der Waals surface area contributed by atoms with Gasteiger partial charge in [0.25, 0.3) is 0 Å². The van der Waals surface area contributed by atoms with Crippen LogP contribution >= 0.6 is 0 Å². The molecule has 0 heterocycles. The van der Waals surface area contributed by atoms with Crippen LogP contribution in [-0.2, 0) is 0 Å². The van der Waals surface area contributed by atoms with Crippen LogP contribution in [0, 0.1) is 0 Å². The molecule has 0 aliphatic rings. The zero-order chi connectivity index (χ0) is 18.2. The fraction of sp³-hybridized carbons (Fsp3) is 0.316. The van der Waals surface area contributed by atoms with Gasteiger partial charge in [-0.05, 0) is 49.2 Å². The third kappa shape index (κ3) is 5.31. The van der Waals surface area contributed by atoms with Gasteiger partial charge in [-0.2, -0.15) is 0 Å². The smallest absolute Gasteiger partial charge is 0.319 e. The highest BCUT2D eigenvalue weighted by Gasteiger charge is 2.11. The van der Waals surface area contributed by atoms with Crippen LogP contribution in [-0.4, -0.2) is 19.2 Å². The van der Waals surface area contributed by atoms with E-state index in [0.717, 1.165) is 12.8 Å². The van der Waals surface area contributed by atoms with Crippen LogP contribution in [0.4, 0.5) is 16.2 Å². The summed E-state index contributed by atoms with van der Waals surface area (Å²) in [6, 6.07) is 12.2. The van der Waals surface area contributed by atoms with Gasteiger partial charge < -0.3 is 25.8 Å². The van der Waals surface area contributed by atoms with Crippen LogP contribution in [0.1, 0.15) is 26.7 Å². The molecule has 0 saturated carbocycles. The van der Waals surface area contributed by atoms with E-state index < -0.39 is 0 Å². The zero-order valence-corrected chi connectivity index (χ0v) is 14.8. The van der Waals surface area contributed by atoms with E-state index in [-0.39, 0.29) is 12.1 Å². The largest absolute Gasteiger partial charge is 0.493 e. The average molecular weight is 343 g/mol. The standard InChI is InChI=1S/C19H25N3O3/c1-4-14(5-2)21-19(23)22-15-8-11-17(24-3)18(12-15)25-16-9-6-13(20)7-10-16/h6-12,14H,4-5,20H2,1-3H3,(H2,21,22,23). The minimum Gasteiger partial charge on any atom is -0.493 e. The van der Waals surface area contributed by atoms with E-state index in [1.807, 2.05) is 13.8 Å². The Labute approximate surface area is 148 Å². The lowest BCUT2D eigenvalue weighted by molar-refractivity contribution is 0.247. The highest BCUT2D eigenvalue weighted by molar-refractivity contribution is 5.89. The summed E-state index contributed by atoms with van der Waals surface area (Å²) in [6.45, 7) is 4.08. The molecule has 134 valence electrons. The SMILES string of the molecule is CCC(CC)NC(=O)Nc1ccc(OC)c(Oc2ccc(N)cc2)c1. The van der Waals surface area contributed by atoms with Crippen molar-refractivity contribution in [3.05, 3.63) is 42.5 Å². The summed E-state index contributed by atoms with van der Waals surface area (Å²) in [6.07, 6.45) is 1.77. The Balaban J connectivity index is 2.13.